The van der Waals surface area contributed by atoms with E-state index >= 15 is 0 Å². The van der Waals surface area contributed by atoms with Gasteiger partial charge in [0.2, 0.25) is 11.7 Å². The third kappa shape index (κ3) is 4.91. The molecule has 0 spiro atoms. The number of amides is 1. The first kappa shape index (κ1) is 24.1. The molecule has 2 heterocycles. The molecule has 3 aromatic rings. The third-order valence-electron chi connectivity index (χ3n) is 5.69. The van der Waals surface area contributed by atoms with Crippen molar-refractivity contribution in [2.24, 2.45) is 0 Å². The zero-order valence-electron chi connectivity index (χ0n) is 19.1. The van der Waals surface area contributed by atoms with E-state index in [4.69, 9.17) is 30.8 Å². The molecule has 0 bridgehead atoms. The Morgan fingerprint density at radius 1 is 1.21 bits per heavy atom. The normalized spacial score (nSPS) is 17.5. The number of rotatable bonds is 8. The zero-order chi connectivity index (χ0) is 24.2. The average molecular weight is 504 g/mol. The average Bonchev–Trinajstić information content (AvgIpc) is 3.49. The maximum Gasteiger partial charge on any atom is 0.243 e. The van der Waals surface area contributed by atoms with E-state index in [0.29, 0.717) is 52.6 Å². The molecular weight excluding hydrogens is 478 g/mol. The summed E-state index contributed by atoms with van der Waals surface area (Å²) in [6, 6.07) is 10.5. The van der Waals surface area contributed by atoms with E-state index in [1.165, 1.54) is 11.3 Å². The molecule has 180 valence electrons. The minimum absolute atomic E-state index is 0.180. The topological polar surface area (TPSA) is 93.2 Å². The highest BCUT2D eigenvalue weighted by molar-refractivity contribution is 7.14. The highest BCUT2D eigenvalue weighted by Gasteiger charge is 2.37. The quantitative estimate of drug-likeness (QED) is 0.483. The van der Waals surface area contributed by atoms with Crippen molar-refractivity contribution in [1.29, 1.82) is 0 Å². The number of aliphatic hydroxyl groups is 1. The van der Waals surface area contributed by atoms with Crippen molar-refractivity contribution >= 4 is 34.0 Å². The molecule has 1 amide bonds. The molecule has 2 N–H and O–H groups in total. The summed E-state index contributed by atoms with van der Waals surface area (Å²) in [5, 5.41) is 16.4. The molecule has 0 saturated carbocycles. The van der Waals surface area contributed by atoms with E-state index in [1.807, 2.05) is 40.6 Å². The van der Waals surface area contributed by atoms with Crippen LogP contribution in [0.2, 0.25) is 5.02 Å². The van der Waals surface area contributed by atoms with E-state index in [9.17, 15) is 9.90 Å². The molecule has 10 heteroatoms. The van der Waals surface area contributed by atoms with Crippen molar-refractivity contribution in [2.75, 3.05) is 32.8 Å². The number of hydrogen-bond donors (Lipinski definition) is 2. The fourth-order valence-corrected chi connectivity index (χ4v) is 5.07. The Kier molecular flexibility index (Phi) is 7.45. The number of ether oxygens (including phenoxy) is 3. The van der Waals surface area contributed by atoms with Crippen molar-refractivity contribution in [1.82, 2.24) is 10.3 Å². The number of benzene rings is 2. The fourth-order valence-electron chi connectivity index (χ4n) is 3.97. The SMILES string of the molecule is COc1cc(-c2csc(N3CC(O)C[C@H]3C(=O)NCc3ccccc3Cl)n2)cc(OC)c1OC. The second-order valence-electron chi connectivity index (χ2n) is 7.80. The van der Waals surface area contributed by atoms with Crippen molar-refractivity contribution < 1.29 is 24.1 Å². The van der Waals surface area contributed by atoms with E-state index in [0.717, 1.165) is 11.1 Å². The van der Waals surface area contributed by atoms with Gasteiger partial charge in [0.1, 0.15) is 6.04 Å². The van der Waals surface area contributed by atoms with Gasteiger partial charge in [0.25, 0.3) is 0 Å². The molecule has 1 fully saturated rings. The van der Waals surface area contributed by atoms with Gasteiger partial charge in [0, 0.05) is 35.5 Å². The van der Waals surface area contributed by atoms with Gasteiger partial charge >= 0.3 is 0 Å². The minimum Gasteiger partial charge on any atom is -0.493 e. The summed E-state index contributed by atoms with van der Waals surface area (Å²) in [5.41, 5.74) is 2.33. The molecule has 34 heavy (non-hydrogen) atoms. The van der Waals surface area contributed by atoms with Gasteiger partial charge in [-0.3, -0.25) is 4.79 Å². The van der Waals surface area contributed by atoms with Gasteiger partial charge in [-0.15, -0.1) is 11.3 Å². The number of carbonyl (C=O) groups excluding carboxylic acids is 1. The first-order valence-corrected chi connectivity index (χ1v) is 11.9. The number of aliphatic hydroxyl groups excluding tert-OH is 1. The van der Waals surface area contributed by atoms with Crippen molar-refractivity contribution in [3.8, 4) is 28.5 Å². The maximum absolute atomic E-state index is 13.0. The van der Waals surface area contributed by atoms with Crippen LogP contribution in [0, 0.1) is 0 Å². The number of β-amino-alcohol motifs (C(OH)–C–C–N with tert-alkyl or cyclic N) is 1. The number of thiazole rings is 1. The van der Waals surface area contributed by atoms with Crippen LogP contribution in [0.15, 0.2) is 41.8 Å². The van der Waals surface area contributed by atoms with Crippen LogP contribution < -0.4 is 24.4 Å². The Morgan fingerprint density at radius 2 is 1.91 bits per heavy atom. The lowest BCUT2D eigenvalue weighted by Crippen LogP contribution is -2.43. The van der Waals surface area contributed by atoms with Gasteiger partial charge in [-0.25, -0.2) is 4.98 Å². The number of hydrogen-bond acceptors (Lipinski definition) is 8. The number of nitrogens with one attached hydrogen (secondary N) is 1. The lowest BCUT2D eigenvalue weighted by Gasteiger charge is -2.23. The van der Waals surface area contributed by atoms with Gasteiger partial charge < -0.3 is 29.5 Å². The van der Waals surface area contributed by atoms with Crippen molar-refractivity contribution in [2.45, 2.75) is 25.1 Å². The Balaban J connectivity index is 1.55. The van der Waals surface area contributed by atoms with Gasteiger partial charge in [0.05, 0.1) is 33.1 Å². The first-order valence-electron chi connectivity index (χ1n) is 10.7. The highest BCUT2D eigenvalue weighted by atomic mass is 35.5. The van der Waals surface area contributed by atoms with Crippen LogP contribution in [0.1, 0.15) is 12.0 Å². The molecule has 4 rings (SSSR count). The molecule has 2 atom stereocenters. The summed E-state index contributed by atoms with van der Waals surface area (Å²) in [5.74, 6) is 1.38. The molecule has 0 aliphatic carbocycles. The Morgan fingerprint density at radius 3 is 2.56 bits per heavy atom. The smallest absolute Gasteiger partial charge is 0.243 e. The molecule has 2 aromatic carbocycles. The number of carbonyl (C=O) groups is 1. The van der Waals surface area contributed by atoms with Crippen molar-refractivity contribution in [3.63, 3.8) is 0 Å². The largest absolute Gasteiger partial charge is 0.493 e. The number of anilines is 1. The molecule has 1 saturated heterocycles. The highest BCUT2D eigenvalue weighted by Crippen LogP contribution is 2.42. The minimum atomic E-state index is -0.621. The van der Waals surface area contributed by atoms with E-state index < -0.39 is 12.1 Å². The molecule has 1 aliphatic heterocycles. The Hall–Kier alpha value is -3.01. The van der Waals surface area contributed by atoms with Crippen LogP contribution in [-0.4, -0.2) is 56.0 Å². The zero-order valence-corrected chi connectivity index (χ0v) is 20.7. The van der Waals surface area contributed by atoms with Crippen LogP contribution in [0.4, 0.5) is 5.13 Å². The predicted molar refractivity (Wildman–Crippen MR) is 132 cm³/mol. The van der Waals surface area contributed by atoms with E-state index in [1.54, 1.807) is 27.4 Å². The second-order valence-corrected chi connectivity index (χ2v) is 9.04. The van der Waals surface area contributed by atoms with Crippen LogP contribution >= 0.6 is 22.9 Å². The summed E-state index contributed by atoms with van der Waals surface area (Å²) < 4.78 is 16.3. The van der Waals surface area contributed by atoms with Gasteiger partial charge in [-0.1, -0.05) is 29.8 Å². The summed E-state index contributed by atoms with van der Waals surface area (Å²) in [4.78, 5) is 19.6. The second kappa shape index (κ2) is 10.5. The van der Waals surface area contributed by atoms with Gasteiger partial charge in [-0.2, -0.15) is 0 Å². The lowest BCUT2D eigenvalue weighted by molar-refractivity contribution is -0.122. The standard InChI is InChI=1S/C24H26ClN3O5S/c1-31-20-8-15(9-21(32-2)22(20)33-3)18-13-34-24(27-18)28-12-16(29)10-19(28)23(30)26-11-14-6-4-5-7-17(14)25/h4-9,13,16,19,29H,10-12H2,1-3H3,(H,26,30)/t16?,19-/m0/s1. The monoisotopic (exact) mass is 503 g/mol. The summed E-state index contributed by atoms with van der Waals surface area (Å²) >= 11 is 7.61. The number of halogens is 1. The summed E-state index contributed by atoms with van der Waals surface area (Å²) in [6.07, 6.45) is -0.294. The predicted octanol–water partition coefficient (Wildman–Crippen LogP) is 3.75. The molecule has 0 radical (unpaired) electrons. The summed E-state index contributed by atoms with van der Waals surface area (Å²) in [7, 11) is 4.67. The lowest BCUT2D eigenvalue weighted by atomic mass is 10.1. The van der Waals surface area contributed by atoms with E-state index in [-0.39, 0.29) is 5.91 Å². The number of aromatic nitrogens is 1. The third-order valence-corrected chi connectivity index (χ3v) is 6.94. The molecule has 1 aliphatic rings. The number of methoxy groups -OCH3 is 3. The van der Waals surface area contributed by atoms with Gasteiger partial charge in [-0.05, 0) is 23.8 Å². The Labute approximate surface area is 207 Å². The first-order chi connectivity index (χ1) is 16.4. The van der Waals surface area contributed by atoms with Crippen LogP contribution in [-0.2, 0) is 11.3 Å². The van der Waals surface area contributed by atoms with Crippen LogP contribution in [0.5, 0.6) is 17.2 Å². The van der Waals surface area contributed by atoms with Crippen molar-refractivity contribution in [3.05, 3.63) is 52.4 Å². The molecule has 1 unspecified atom stereocenters. The fraction of sp³-hybridized carbons (Fsp3) is 0.333. The molecular formula is C24H26ClN3O5S. The van der Waals surface area contributed by atoms with Gasteiger partial charge in [0.15, 0.2) is 16.6 Å². The Bertz CT molecular complexity index is 1150. The number of nitrogens with zero attached hydrogens (tertiary/aromatic N) is 2. The molecule has 1 aromatic heterocycles. The summed E-state index contributed by atoms with van der Waals surface area (Å²) in [6.45, 7) is 0.639. The van der Waals surface area contributed by atoms with E-state index in [2.05, 4.69) is 5.32 Å². The maximum atomic E-state index is 13.0. The molecule has 8 nitrogen and oxygen atoms in total. The van der Waals surface area contributed by atoms with Crippen LogP contribution in [0.3, 0.4) is 0 Å². The van der Waals surface area contributed by atoms with Crippen LogP contribution in [0.25, 0.3) is 11.3 Å².